The van der Waals surface area contributed by atoms with Gasteiger partial charge in [0.15, 0.2) is 0 Å². The lowest BCUT2D eigenvalue weighted by molar-refractivity contribution is 1.09. The number of nitrogen functional groups attached to an aromatic ring is 1. The molecule has 2 aromatic carbocycles. The molecule has 0 amide bonds. The van der Waals surface area contributed by atoms with Crippen LogP contribution in [0.5, 0.6) is 0 Å². The van der Waals surface area contributed by atoms with E-state index in [1.807, 2.05) is 52.8 Å². The predicted octanol–water partition coefficient (Wildman–Crippen LogP) is 7.48. The van der Waals surface area contributed by atoms with Crippen LogP contribution in [-0.4, -0.2) is 9.97 Å². The summed E-state index contributed by atoms with van der Waals surface area (Å²) in [5, 5.41) is 3.59. The summed E-state index contributed by atoms with van der Waals surface area (Å²) < 4.78 is 0. The van der Waals surface area contributed by atoms with Crippen molar-refractivity contribution in [2.24, 2.45) is 5.73 Å². The number of nitrogens with one attached hydrogen (secondary N) is 2. The van der Waals surface area contributed by atoms with Crippen LogP contribution < -0.4 is 11.5 Å². The van der Waals surface area contributed by atoms with Gasteiger partial charge in [-0.05, 0) is 49.8 Å². The molecule has 0 saturated heterocycles. The number of aromatic nitrogens is 2. The number of nitrogens with two attached hydrogens (primary N) is 2. The Balaban J connectivity index is 0.000000540. The van der Waals surface area contributed by atoms with Crippen LogP contribution in [0.25, 0.3) is 38.8 Å². The van der Waals surface area contributed by atoms with Crippen molar-refractivity contribution in [3.8, 4) is 0 Å². The minimum absolute atomic E-state index is 0.770. The van der Waals surface area contributed by atoms with E-state index in [0.29, 0.717) is 0 Å². The van der Waals surface area contributed by atoms with Crippen LogP contribution in [0.2, 0.25) is 0 Å². The van der Waals surface area contributed by atoms with Gasteiger partial charge in [-0.3, -0.25) is 0 Å². The highest BCUT2D eigenvalue weighted by molar-refractivity contribution is 6.12. The molecule has 158 valence electrons. The second kappa shape index (κ2) is 11.2. The average Bonchev–Trinajstić information content (AvgIpc) is 3.20. The molecule has 29 heavy (non-hydrogen) atoms. The van der Waals surface area contributed by atoms with E-state index in [4.69, 9.17) is 11.5 Å². The molecule has 2 heterocycles. The zero-order chi connectivity index (χ0) is 22.1. The molecular weight excluding hydrogens is 356 g/mol. The van der Waals surface area contributed by atoms with E-state index >= 15 is 0 Å². The number of anilines is 1. The third kappa shape index (κ3) is 5.35. The number of aryl methyl sites for hydroxylation is 1. The Bertz CT molecular complexity index is 1080. The number of benzene rings is 2. The fourth-order valence-electron chi connectivity index (χ4n) is 3.14. The normalized spacial score (nSPS) is 10.7. The standard InChI is InChI=1S/C18H18N4.C3H8.2C2H6/c1-9(19)5-15-10(2)13-7-18-14(8-17(13)21-15)12-4-3-11(20)6-16(12)22-18;1-3-2;2*1-2/h3-8,21-22H,19-20H2,1-2H3;3H2,1-2H3;2*1-2H3/b9-5+;;;. The Morgan fingerprint density at radius 3 is 1.97 bits per heavy atom. The van der Waals surface area contributed by atoms with Crippen LogP contribution in [0.1, 0.15) is 66.1 Å². The molecule has 0 bridgehead atoms. The third-order valence-corrected chi connectivity index (χ3v) is 4.21. The highest BCUT2D eigenvalue weighted by atomic mass is 14.7. The van der Waals surface area contributed by atoms with Crippen molar-refractivity contribution in [1.82, 2.24) is 9.97 Å². The number of aromatic amines is 2. The fourth-order valence-corrected chi connectivity index (χ4v) is 3.14. The van der Waals surface area contributed by atoms with Gasteiger partial charge in [-0.1, -0.05) is 54.0 Å². The summed E-state index contributed by atoms with van der Waals surface area (Å²) in [6.45, 7) is 16.3. The molecule has 6 N–H and O–H groups in total. The van der Waals surface area contributed by atoms with Crippen molar-refractivity contribution in [2.75, 3.05) is 5.73 Å². The smallest absolute Gasteiger partial charge is 0.0485 e. The van der Waals surface area contributed by atoms with Gasteiger partial charge < -0.3 is 21.4 Å². The first-order chi connectivity index (χ1) is 13.9. The van der Waals surface area contributed by atoms with Gasteiger partial charge in [0.05, 0.1) is 0 Å². The summed E-state index contributed by atoms with van der Waals surface area (Å²) in [6.07, 6.45) is 3.22. The molecule has 0 aliphatic heterocycles. The zero-order valence-electron chi connectivity index (χ0n) is 19.3. The van der Waals surface area contributed by atoms with Gasteiger partial charge in [0, 0.05) is 49.8 Å². The van der Waals surface area contributed by atoms with E-state index in [0.717, 1.165) is 33.6 Å². The number of hydrogen-bond donors (Lipinski definition) is 4. The van der Waals surface area contributed by atoms with Crippen molar-refractivity contribution in [3.63, 3.8) is 0 Å². The lowest BCUT2D eigenvalue weighted by Crippen LogP contribution is -1.90. The van der Waals surface area contributed by atoms with Gasteiger partial charge in [0.25, 0.3) is 0 Å². The minimum Gasteiger partial charge on any atom is -0.402 e. The van der Waals surface area contributed by atoms with Crippen LogP contribution >= 0.6 is 0 Å². The van der Waals surface area contributed by atoms with Crippen LogP contribution in [-0.2, 0) is 0 Å². The number of fused-ring (bicyclic) bond motifs is 4. The second-order valence-corrected chi connectivity index (χ2v) is 6.63. The fraction of sp³-hybridized carbons (Fsp3) is 0.360. The second-order valence-electron chi connectivity index (χ2n) is 6.63. The molecule has 2 aromatic heterocycles. The summed E-state index contributed by atoms with van der Waals surface area (Å²) in [4.78, 5) is 6.91. The molecule has 4 heteroatoms. The Morgan fingerprint density at radius 2 is 1.38 bits per heavy atom. The van der Waals surface area contributed by atoms with E-state index in [2.05, 4.69) is 48.9 Å². The third-order valence-electron chi connectivity index (χ3n) is 4.21. The van der Waals surface area contributed by atoms with E-state index in [1.165, 1.54) is 28.1 Å². The van der Waals surface area contributed by atoms with Gasteiger partial charge >= 0.3 is 0 Å². The lowest BCUT2D eigenvalue weighted by Gasteiger charge is -1.95. The summed E-state index contributed by atoms with van der Waals surface area (Å²) in [7, 11) is 0. The maximum Gasteiger partial charge on any atom is 0.0485 e. The Kier molecular flexibility index (Phi) is 9.33. The largest absolute Gasteiger partial charge is 0.402 e. The van der Waals surface area contributed by atoms with Crippen LogP contribution in [0.3, 0.4) is 0 Å². The van der Waals surface area contributed by atoms with Crippen molar-refractivity contribution in [2.45, 2.75) is 61.8 Å². The van der Waals surface area contributed by atoms with Crippen molar-refractivity contribution >= 4 is 44.5 Å². The summed E-state index contributed by atoms with van der Waals surface area (Å²) >= 11 is 0. The molecule has 0 spiro atoms. The first-order valence-corrected chi connectivity index (χ1v) is 10.7. The maximum atomic E-state index is 5.87. The van der Waals surface area contributed by atoms with Crippen LogP contribution in [0, 0.1) is 6.92 Å². The molecule has 0 atom stereocenters. The highest BCUT2D eigenvalue weighted by Crippen LogP contribution is 2.32. The maximum absolute atomic E-state index is 5.87. The Morgan fingerprint density at radius 1 is 0.862 bits per heavy atom. The molecular formula is C25H38N4. The molecule has 4 nitrogen and oxygen atoms in total. The summed E-state index contributed by atoms with van der Waals surface area (Å²) in [5.41, 5.74) is 18.8. The van der Waals surface area contributed by atoms with E-state index in [-0.39, 0.29) is 0 Å². The minimum atomic E-state index is 0.770. The SMILES string of the molecule is C/C(N)=C\c1[nH]c2cc3c(cc2c1C)[nH]c1cc(N)ccc13.CC.CC.CCC. The van der Waals surface area contributed by atoms with E-state index < -0.39 is 0 Å². The number of H-pyrrole nitrogens is 2. The molecule has 4 aromatic rings. The van der Waals surface area contributed by atoms with Gasteiger partial charge in [0.2, 0.25) is 0 Å². The molecule has 0 aliphatic rings. The van der Waals surface area contributed by atoms with Crippen LogP contribution in [0.15, 0.2) is 36.0 Å². The molecule has 0 fully saturated rings. The number of rotatable bonds is 1. The first kappa shape index (κ1) is 24.2. The topological polar surface area (TPSA) is 83.6 Å². The molecule has 0 radical (unpaired) electrons. The van der Waals surface area contributed by atoms with Gasteiger partial charge in [0.1, 0.15) is 0 Å². The Hall–Kier alpha value is -2.88. The first-order valence-electron chi connectivity index (χ1n) is 10.7. The number of hydrogen-bond acceptors (Lipinski definition) is 2. The molecule has 0 aliphatic carbocycles. The number of allylic oxidation sites excluding steroid dienone is 1. The van der Waals surface area contributed by atoms with Crippen molar-refractivity contribution in [3.05, 3.63) is 47.3 Å². The average molecular weight is 395 g/mol. The Labute approximate surface area is 175 Å². The van der Waals surface area contributed by atoms with E-state index in [1.54, 1.807) is 0 Å². The van der Waals surface area contributed by atoms with Crippen molar-refractivity contribution in [1.29, 1.82) is 0 Å². The predicted molar refractivity (Wildman–Crippen MR) is 133 cm³/mol. The summed E-state index contributed by atoms with van der Waals surface area (Å²) in [6, 6.07) is 10.4. The van der Waals surface area contributed by atoms with Gasteiger partial charge in [-0.2, -0.15) is 0 Å². The van der Waals surface area contributed by atoms with Crippen LogP contribution in [0.4, 0.5) is 5.69 Å². The quantitative estimate of drug-likeness (QED) is 0.252. The summed E-state index contributed by atoms with van der Waals surface area (Å²) in [5.74, 6) is 0. The van der Waals surface area contributed by atoms with Gasteiger partial charge in [-0.15, -0.1) is 0 Å². The van der Waals surface area contributed by atoms with E-state index in [9.17, 15) is 0 Å². The van der Waals surface area contributed by atoms with Gasteiger partial charge in [-0.25, -0.2) is 0 Å². The molecule has 0 unspecified atom stereocenters. The monoisotopic (exact) mass is 394 g/mol. The van der Waals surface area contributed by atoms with Crippen molar-refractivity contribution < 1.29 is 0 Å². The molecule has 4 rings (SSSR count). The highest BCUT2D eigenvalue weighted by Gasteiger charge is 2.11. The molecule has 0 saturated carbocycles. The lowest BCUT2D eigenvalue weighted by atomic mass is 10.1. The zero-order valence-corrected chi connectivity index (χ0v) is 19.3.